The zero-order valence-electron chi connectivity index (χ0n) is 12.6. The molecule has 3 aliphatic heterocycles. The molecular weight excluding hydrogens is 234 g/mol. The predicted octanol–water partition coefficient (Wildman–Crippen LogP) is 2.08. The Hall–Kier alpha value is -0.120. The molecule has 0 aromatic rings. The highest BCUT2D eigenvalue weighted by Crippen LogP contribution is 2.28. The summed E-state index contributed by atoms with van der Waals surface area (Å²) >= 11 is 0. The van der Waals surface area contributed by atoms with Crippen molar-refractivity contribution in [2.45, 2.75) is 70.0 Å². The summed E-state index contributed by atoms with van der Waals surface area (Å²) in [4.78, 5) is 5.38. The number of nitrogens with zero attached hydrogens (tertiary/aromatic N) is 2. The van der Waals surface area contributed by atoms with Gasteiger partial charge in [-0.25, -0.2) is 0 Å². The number of hydrogen-bond acceptors (Lipinski definition) is 3. The largest absolute Gasteiger partial charge is 0.310 e. The second kappa shape index (κ2) is 6.55. The van der Waals surface area contributed by atoms with E-state index >= 15 is 0 Å². The van der Waals surface area contributed by atoms with Gasteiger partial charge in [0.25, 0.3) is 0 Å². The van der Waals surface area contributed by atoms with Gasteiger partial charge in [-0.15, -0.1) is 0 Å². The fraction of sp³-hybridized carbons (Fsp3) is 1.00. The van der Waals surface area contributed by atoms with Crippen LogP contribution in [-0.4, -0.2) is 60.6 Å². The first-order chi connectivity index (χ1) is 9.36. The smallest absolute Gasteiger partial charge is 0.0249 e. The van der Waals surface area contributed by atoms with Gasteiger partial charge in [-0.1, -0.05) is 13.3 Å². The van der Waals surface area contributed by atoms with E-state index in [1.807, 2.05) is 0 Å². The van der Waals surface area contributed by atoms with Gasteiger partial charge >= 0.3 is 0 Å². The van der Waals surface area contributed by atoms with Gasteiger partial charge in [0.1, 0.15) is 0 Å². The SMILES string of the molecule is CCCN1CCC(N[C@@H]2CCN3CCCC[C@@H]23)CC1. The highest BCUT2D eigenvalue weighted by atomic mass is 15.2. The molecule has 0 radical (unpaired) electrons. The third-order valence-electron chi connectivity index (χ3n) is 5.43. The molecule has 0 amide bonds. The van der Waals surface area contributed by atoms with Gasteiger partial charge in [0.15, 0.2) is 0 Å². The monoisotopic (exact) mass is 265 g/mol. The van der Waals surface area contributed by atoms with E-state index in [1.165, 1.54) is 77.7 Å². The molecule has 1 N–H and O–H groups in total. The van der Waals surface area contributed by atoms with Gasteiger partial charge in [-0.2, -0.15) is 0 Å². The van der Waals surface area contributed by atoms with Gasteiger partial charge in [0.05, 0.1) is 0 Å². The molecule has 0 aromatic carbocycles. The molecule has 0 saturated carbocycles. The van der Waals surface area contributed by atoms with Crippen LogP contribution in [0.15, 0.2) is 0 Å². The number of hydrogen-bond donors (Lipinski definition) is 1. The quantitative estimate of drug-likeness (QED) is 0.839. The van der Waals surface area contributed by atoms with Gasteiger partial charge in [0.2, 0.25) is 0 Å². The number of fused-ring (bicyclic) bond motifs is 1. The predicted molar refractivity (Wildman–Crippen MR) is 80.5 cm³/mol. The molecule has 3 heterocycles. The van der Waals surface area contributed by atoms with Crippen molar-refractivity contribution < 1.29 is 0 Å². The molecule has 2 atom stereocenters. The van der Waals surface area contributed by atoms with Gasteiger partial charge in [0, 0.05) is 24.7 Å². The molecule has 19 heavy (non-hydrogen) atoms. The zero-order chi connectivity index (χ0) is 13.1. The third-order valence-corrected chi connectivity index (χ3v) is 5.43. The molecule has 110 valence electrons. The summed E-state index contributed by atoms with van der Waals surface area (Å²) in [6, 6.07) is 2.45. The van der Waals surface area contributed by atoms with E-state index < -0.39 is 0 Å². The maximum atomic E-state index is 4.01. The van der Waals surface area contributed by atoms with Gasteiger partial charge in [-0.3, -0.25) is 4.90 Å². The van der Waals surface area contributed by atoms with E-state index in [0.717, 1.165) is 18.1 Å². The van der Waals surface area contributed by atoms with Crippen molar-refractivity contribution in [2.24, 2.45) is 0 Å². The standard InChI is InChI=1S/C16H31N3/c1-2-9-18-11-6-14(7-12-18)17-15-8-13-19-10-4-3-5-16(15)19/h14-17H,2-13H2,1H3/t15-,16+/m1/s1. The normalized spacial score (nSPS) is 34.6. The van der Waals surface area contributed by atoms with Crippen molar-refractivity contribution >= 4 is 0 Å². The third kappa shape index (κ3) is 3.32. The first kappa shape index (κ1) is 13.8. The summed E-state index contributed by atoms with van der Waals surface area (Å²) in [7, 11) is 0. The molecule has 0 aliphatic carbocycles. The Bertz CT molecular complexity index is 273. The van der Waals surface area contributed by atoms with Gasteiger partial charge < -0.3 is 10.2 Å². The molecule has 0 aromatic heterocycles. The number of nitrogens with one attached hydrogen (secondary N) is 1. The minimum atomic E-state index is 0.792. The van der Waals surface area contributed by atoms with E-state index in [1.54, 1.807) is 0 Å². The number of rotatable bonds is 4. The fourth-order valence-corrected chi connectivity index (χ4v) is 4.38. The van der Waals surface area contributed by atoms with E-state index in [4.69, 9.17) is 0 Å². The van der Waals surface area contributed by atoms with Crippen molar-refractivity contribution in [1.82, 2.24) is 15.1 Å². The average molecular weight is 265 g/mol. The Kier molecular flexibility index (Phi) is 4.78. The topological polar surface area (TPSA) is 18.5 Å². The molecule has 3 saturated heterocycles. The molecule has 0 unspecified atom stereocenters. The maximum Gasteiger partial charge on any atom is 0.0249 e. The molecule has 0 spiro atoms. The van der Waals surface area contributed by atoms with Crippen LogP contribution in [0.1, 0.15) is 51.9 Å². The van der Waals surface area contributed by atoms with Crippen LogP contribution in [0.4, 0.5) is 0 Å². The zero-order valence-corrected chi connectivity index (χ0v) is 12.6. The van der Waals surface area contributed by atoms with Crippen LogP contribution in [0.3, 0.4) is 0 Å². The Morgan fingerprint density at radius 2 is 1.79 bits per heavy atom. The first-order valence-corrected chi connectivity index (χ1v) is 8.59. The highest BCUT2D eigenvalue weighted by molar-refractivity contribution is 4.95. The molecule has 3 fully saturated rings. The molecular formula is C16H31N3. The summed E-state index contributed by atoms with van der Waals surface area (Å²) in [5, 5.41) is 4.01. The van der Waals surface area contributed by atoms with Crippen molar-refractivity contribution in [3.8, 4) is 0 Å². The van der Waals surface area contributed by atoms with Crippen LogP contribution < -0.4 is 5.32 Å². The van der Waals surface area contributed by atoms with E-state index in [9.17, 15) is 0 Å². The highest BCUT2D eigenvalue weighted by Gasteiger charge is 2.36. The van der Waals surface area contributed by atoms with Gasteiger partial charge in [-0.05, 0) is 64.7 Å². The Morgan fingerprint density at radius 1 is 0.947 bits per heavy atom. The first-order valence-electron chi connectivity index (χ1n) is 8.59. The van der Waals surface area contributed by atoms with Crippen molar-refractivity contribution in [1.29, 1.82) is 0 Å². The molecule has 3 heteroatoms. The summed E-state index contributed by atoms with van der Waals surface area (Å²) in [6.07, 6.45) is 9.74. The number of piperidine rings is 2. The maximum absolute atomic E-state index is 4.01. The van der Waals surface area contributed by atoms with Crippen LogP contribution in [0.25, 0.3) is 0 Å². The molecule has 3 nitrogen and oxygen atoms in total. The van der Waals surface area contributed by atoms with Crippen LogP contribution in [0.5, 0.6) is 0 Å². The van der Waals surface area contributed by atoms with Crippen LogP contribution in [-0.2, 0) is 0 Å². The Balaban J connectivity index is 1.45. The molecule has 3 rings (SSSR count). The lowest BCUT2D eigenvalue weighted by Crippen LogP contribution is -2.51. The summed E-state index contributed by atoms with van der Waals surface area (Å²) in [6.45, 7) is 8.92. The molecule has 3 aliphatic rings. The summed E-state index contributed by atoms with van der Waals surface area (Å²) < 4.78 is 0. The summed E-state index contributed by atoms with van der Waals surface area (Å²) in [5.41, 5.74) is 0. The van der Waals surface area contributed by atoms with Crippen LogP contribution in [0.2, 0.25) is 0 Å². The summed E-state index contributed by atoms with van der Waals surface area (Å²) in [5.74, 6) is 0. The molecule has 0 bridgehead atoms. The lowest BCUT2D eigenvalue weighted by atomic mass is 9.96. The van der Waals surface area contributed by atoms with Crippen LogP contribution >= 0.6 is 0 Å². The van der Waals surface area contributed by atoms with Crippen molar-refractivity contribution in [3.63, 3.8) is 0 Å². The Labute approximate surface area is 118 Å². The lowest BCUT2D eigenvalue weighted by molar-refractivity contribution is 0.157. The minimum Gasteiger partial charge on any atom is -0.310 e. The minimum absolute atomic E-state index is 0.792. The Morgan fingerprint density at radius 3 is 2.58 bits per heavy atom. The second-order valence-electron chi connectivity index (χ2n) is 6.78. The van der Waals surface area contributed by atoms with Crippen molar-refractivity contribution in [2.75, 3.05) is 32.7 Å². The number of likely N-dealkylation sites (tertiary alicyclic amines) is 1. The van der Waals surface area contributed by atoms with Crippen LogP contribution in [0, 0.1) is 0 Å². The van der Waals surface area contributed by atoms with Crippen molar-refractivity contribution in [3.05, 3.63) is 0 Å². The van der Waals surface area contributed by atoms with E-state index in [-0.39, 0.29) is 0 Å². The fourth-order valence-electron chi connectivity index (χ4n) is 4.38. The van der Waals surface area contributed by atoms with E-state index in [2.05, 4.69) is 22.0 Å². The van der Waals surface area contributed by atoms with E-state index in [0.29, 0.717) is 0 Å². The lowest BCUT2D eigenvalue weighted by Gasteiger charge is -2.37. The average Bonchev–Trinajstić information content (AvgIpc) is 2.85. The second-order valence-corrected chi connectivity index (χ2v) is 6.78.